The largest absolute Gasteiger partial charge is 0.563 e. The topological polar surface area (TPSA) is 89.5 Å². The maximum atomic E-state index is 9.24. The average molecular weight is 303 g/mol. The fourth-order valence-electron chi connectivity index (χ4n) is 0.0544. The van der Waals surface area contributed by atoms with Crippen LogP contribution >= 0.6 is 16.5 Å². The predicted molar refractivity (Wildman–Crippen MR) is 16.3 cm³/mol. The molecule has 0 aliphatic rings. The van der Waals surface area contributed by atoms with Crippen LogP contribution in [0.15, 0.2) is 0 Å². The maximum Gasteiger partial charge on any atom is 0.543 e. The van der Waals surface area contributed by atoms with Crippen LogP contribution in [0, 0.1) is 0 Å². The monoisotopic (exact) mass is 304 g/mol. The molecular weight excluding hydrogens is 303 g/mol. The van der Waals surface area contributed by atoms with E-state index in [1.54, 1.807) is 0 Å². The van der Waals surface area contributed by atoms with Gasteiger partial charge in [0.15, 0.2) is 0 Å². The molecule has 0 saturated carbocycles. The van der Waals surface area contributed by atoms with E-state index >= 15 is 0 Å². The molecule has 0 bridgehead atoms. The molecule has 0 aromatic carbocycles. The fourth-order valence-corrected chi connectivity index (χ4v) is 0.490. The molecule has 2 unspecified atom stereocenters. The summed E-state index contributed by atoms with van der Waals surface area (Å²) in [5, 5.41) is 0. The second-order valence-corrected chi connectivity index (χ2v) is 2.08. The summed E-state index contributed by atoms with van der Waals surface area (Å²) >= 11 is 0. The van der Waals surface area contributed by atoms with Gasteiger partial charge in [0, 0.05) is 40.5 Å². The van der Waals surface area contributed by atoms with E-state index in [2.05, 4.69) is 4.31 Å². The first-order valence-electron chi connectivity index (χ1n) is 1.10. The van der Waals surface area contributed by atoms with Gasteiger partial charge in [-0.25, -0.2) is 0 Å². The number of rotatable bonds is 2. The van der Waals surface area contributed by atoms with Gasteiger partial charge >= 0.3 is 16.5 Å². The van der Waals surface area contributed by atoms with Crippen LogP contribution in [0.3, 0.4) is 0 Å². The van der Waals surface area contributed by atoms with Crippen LogP contribution in [0.1, 0.15) is 0 Å². The van der Waals surface area contributed by atoms with Gasteiger partial charge in [-0.05, 0) is 9.13 Å². The first-order valence-corrected chi connectivity index (χ1v) is 3.29. The first kappa shape index (κ1) is 16.8. The molecule has 0 radical (unpaired) electrons. The van der Waals surface area contributed by atoms with Gasteiger partial charge in [-0.2, -0.15) is 0 Å². The van der Waals surface area contributed by atoms with Gasteiger partial charge in [-0.1, -0.05) is 0 Å². The summed E-state index contributed by atoms with van der Waals surface area (Å²) in [6.07, 6.45) is 0. The molecule has 0 rings (SSSR count). The van der Waals surface area contributed by atoms with Crippen LogP contribution in [-0.4, -0.2) is 0 Å². The van der Waals surface area contributed by atoms with Crippen molar-refractivity contribution in [3.63, 3.8) is 0 Å². The van der Waals surface area contributed by atoms with Gasteiger partial charge in [-0.15, -0.1) is 0 Å². The Hall–Kier alpha value is 1.39. The minimum absolute atomic E-state index is 0. The molecule has 0 fully saturated rings. The zero-order valence-corrected chi connectivity index (χ0v) is 10.8. The van der Waals surface area contributed by atoms with Gasteiger partial charge in [0.05, 0.1) is 0 Å². The molecule has 0 spiro atoms. The molecule has 0 aliphatic carbocycles. The quantitative estimate of drug-likeness (QED) is 0.484. The molecule has 48 valence electrons. The Kier molecular flexibility index (Phi) is 17.5. The summed E-state index contributed by atoms with van der Waals surface area (Å²) in [5.74, 6) is 0. The molecule has 0 aliphatic heterocycles. The van der Waals surface area contributed by atoms with E-state index in [-0.39, 0.29) is 40.5 Å². The summed E-state index contributed by atoms with van der Waals surface area (Å²) < 4.78 is 21.6. The summed E-state index contributed by atoms with van der Waals surface area (Å²) in [6, 6.07) is 0. The van der Waals surface area contributed by atoms with Crippen molar-refractivity contribution in [2.75, 3.05) is 0 Å². The minimum atomic E-state index is -3.24. The molecule has 0 aromatic heterocycles. The molecule has 0 aromatic rings. The van der Waals surface area contributed by atoms with E-state index in [1.165, 1.54) is 0 Å². The second-order valence-electron chi connectivity index (χ2n) is 0.529. The van der Waals surface area contributed by atoms with E-state index in [0.29, 0.717) is 0 Å². The molecule has 2 atom stereocenters. The third-order valence-corrected chi connectivity index (χ3v) is 1.20. The standard InChI is InChI=1S/Mo.O5P2.Zn/c;1-6(2)5-7(3)4;. The zero-order chi connectivity index (χ0) is 5.86. The molecule has 9 heteroatoms. The van der Waals surface area contributed by atoms with Crippen molar-refractivity contribution < 1.29 is 63.8 Å². The van der Waals surface area contributed by atoms with Crippen LogP contribution < -0.4 is 9.79 Å². The zero-order valence-electron chi connectivity index (χ0n) is 4.05. The summed E-state index contributed by atoms with van der Waals surface area (Å²) in [5.41, 5.74) is 0. The van der Waals surface area contributed by atoms with Gasteiger partial charge in [0.2, 0.25) is 0 Å². The maximum absolute atomic E-state index is 9.24. The average Bonchev–Trinajstić information content (AvgIpc) is 1.27. The predicted octanol–water partition coefficient (Wildman–Crippen LogP) is -0.967. The Morgan fingerprint density at radius 2 is 1.33 bits per heavy atom. The summed E-state index contributed by atoms with van der Waals surface area (Å²) in [4.78, 5) is 18.5. The number of hydrogen-bond acceptors (Lipinski definition) is 5. The first-order chi connectivity index (χ1) is 3.13. The number of hydrogen-bond donors (Lipinski definition) is 0. The summed E-state index contributed by atoms with van der Waals surface area (Å²) in [6.45, 7) is 0. The molecule has 0 amide bonds. The van der Waals surface area contributed by atoms with E-state index < -0.39 is 16.5 Å². The molecule has 0 N–H and O–H groups in total. The Morgan fingerprint density at radius 3 is 1.33 bits per heavy atom. The van der Waals surface area contributed by atoms with Crippen LogP contribution in [0.4, 0.5) is 0 Å². The van der Waals surface area contributed by atoms with Crippen LogP contribution in [0.5, 0.6) is 0 Å². The van der Waals surface area contributed by atoms with E-state index in [1.807, 2.05) is 0 Å². The van der Waals surface area contributed by atoms with Gasteiger partial charge in [0.25, 0.3) is 0 Å². The second kappa shape index (κ2) is 9.39. The SMILES string of the molecule is O=[P+]([O-])O[P+](=O)[O-].[Mo].[Zn]. The fraction of sp³-hybridized carbons (Fsp3) is 0. The Balaban J connectivity index is -0.000000180. The molecule has 5 nitrogen and oxygen atoms in total. The van der Waals surface area contributed by atoms with E-state index in [0.717, 1.165) is 0 Å². The molecule has 0 saturated heterocycles. The molecular formula is MoO5P2Zn. The van der Waals surface area contributed by atoms with Crippen molar-refractivity contribution in [2.24, 2.45) is 0 Å². The Morgan fingerprint density at radius 1 is 1.11 bits per heavy atom. The van der Waals surface area contributed by atoms with Crippen LogP contribution in [0.2, 0.25) is 0 Å². The third kappa shape index (κ3) is 17.7. The Bertz CT molecular complexity index is 91.1. The third-order valence-electron chi connectivity index (χ3n) is 0.133. The molecule has 0 heterocycles. The van der Waals surface area contributed by atoms with E-state index in [9.17, 15) is 18.9 Å². The minimum Gasteiger partial charge on any atom is -0.563 e. The van der Waals surface area contributed by atoms with Crippen LogP contribution in [0.25, 0.3) is 0 Å². The van der Waals surface area contributed by atoms with Gasteiger partial charge in [0.1, 0.15) is 4.31 Å². The van der Waals surface area contributed by atoms with E-state index in [4.69, 9.17) is 0 Å². The van der Waals surface area contributed by atoms with Crippen LogP contribution in [-0.2, 0) is 54.0 Å². The van der Waals surface area contributed by atoms with Gasteiger partial charge < -0.3 is 9.79 Å². The van der Waals surface area contributed by atoms with Crippen molar-refractivity contribution >= 4 is 16.5 Å². The van der Waals surface area contributed by atoms with Crippen molar-refractivity contribution in [2.45, 2.75) is 0 Å². The summed E-state index contributed by atoms with van der Waals surface area (Å²) in [7, 11) is -6.47. The van der Waals surface area contributed by atoms with Crippen molar-refractivity contribution in [3.8, 4) is 0 Å². The smallest absolute Gasteiger partial charge is 0.543 e. The van der Waals surface area contributed by atoms with Crippen molar-refractivity contribution in [1.29, 1.82) is 0 Å². The van der Waals surface area contributed by atoms with Crippen molar-refractivity contribution in [3.05, 3.63) is 0 Å². The Labute approximate surface area is 80.1 Å². The normalized spacial score (nSPS) is 10.4. The van der Waals surface area contributed by atoms with Gasteiger partial charge in [-0.3, -0.25) is 0 Å². The molecule has 9 heavy (non-hydrogen) atoms. The van der Waals surface area contributed by atoms with Crippen molar-refractivity contribution in [1.82, 2.24) is 0 Å².